The maximum atomic E-state index is 13.4. The molecular weight excluding hydrogens is 383 g/mol. The third-order valence-corrected chi connectivity index (χ3v) is 5.58. The maximum absolute atomic E-state index is 13.4. The van der Waals surface area contributed by atoms with Gasteiger partial charge in [0.2, 0.25) is 5.91 Å². The highest BCUT2D eigenvalue weighted by Crippen LogP contribution is 2.28. The van der Waals surface area contributed by atoms with E-state index >= 15 is 0 Å². The number of benzene rings is 2. The van der Waals surface area contributed by atoms with Gasteiger partial charge in [-0.3, -0.25) is 9.69 Å². The van der Waals surface area contributed by atoms with Crippen LogP contribution in [-0.2, 0) is 11.3 Å². The van der Waals surface area contributed by atoms with E-state index in [0.717, 1.165) is 61.6 Å². The van der Waals surface area contributed by atoms with E-state index in [0.29, 0.717) is 6.42 Å². The highest BCUT2D eigenvalue weighted by atomic mass is 19.1. The molecule has 2 aromatic rings. The molecule has 1 heterocycles. The van der Waals surface area contributed by atoms with Crippen molar-refractivity contribution in [3.63, 3.8) is 0 Å². The minimum atomic E-state index is -0.287. The summed E-state index contributed by atoms with van der Waals surface area (Å²) in [5.41, 5.74) is 1.92. The molecule has 1 amide bonds. The van der Waals surface area contributed by atoms with Crippen LogP contribution in [0.4, 0.5) is 10.1 Å². The second-order valence-electron chi connectivity index (χ2n) is 7.72. The van der Waals surface area contributed by atoms with Crippen molar-refractivity contribution in [2.45, 2.75) is 45.2 Å². The van der Waals surface area contributed by atoms with Gasteiger partial charge in [0, 0.05) is 43.9 Å². The van der Waals surface area contributed by atoms with Gasteiger partial charge in [-0.05, 0) is 61.2 Å². The summed E-state index contributed by atoms with van der Waals surface area (Å²) < 4.78 is 24.1. The molecule has 0 spiro atoms. The van der Waals surface area contributed by atoms with Gasteiger partial charge in [-0.1, -0.05) is 6.92 Å². The smallest absolute Gasteiger partial charge is 0.227 e. The molecule has 5 nitrogen and oxygen atoms in total. The molecule has 0 N–H and O–H groups in total. The average Bonchev–Trinajstić information content (AvgIpc) is 2.76. The second kappa shape index (κ2) is 10.4. The largest absolute Gasteiger partial charge is 0.497 e. The lowest BCUT2D eigenvalue weighted by Gasteiger charge is -2.38. The van der Waals surface area contributed by atoms with Crippen LogP contribution in [0.15, 0.2) is 42.5 Å². The number of anilines is 1. The van der Waals surface area contributed by atoms with Crippen molar-refractivity contribution in [2.24, 2.45) is 0 Å². The van der Waals surface area contributed by atoms with Crippen molar-refractivity contribution in [1.82, 2.24) is 4.90 Å². The van der Waals surface area contributed by atoms with Crippen molar-refractivity contribution >= 4 is 11.6 Å². The van der Waals surface area contributed by atoms with E-state index < -0.39 is 0 Å². The minimum Gasteiger partial charge on any atom is -0.497 e. The van der Waals surface area contributed by atoms with Gasteiger partial charge in [-0.2, -0.15) is 0 Å². The maximum Gasteiger partial charge on any atom is 0.227 e. The fraction of sp³-hybridized carbons (Fsp3) is 0.458. The van der Waals surface area contributed by atoms with Gasteiger partial charge in [0.25, 0.3) is 0 Å². The Balaban J connectivity index is 1.67. The number of likely N-dealkylation sites (tertiary alicyclic amines) is 1. The molecule has 162 valence electrons. The number of rotatable bonds is 8. The Hall–Kier alpha value is -2.60. The van der Waals surface area contributed by atoms with Crippen LogP contribution in [0.3, 0.4) is 0 Å². The Morgan fingerprint density at radius 2 is 1.67 bits per heavy atom. The van der Waals surface area contributed by atoms with Gasteiger partial charge in [0.05, 0.1) is 14.2 Å². The number of hydrogen-bond donors (Lipinski definition) is 0. The summed E-state index contributed by atoms with van der Waals surface area (Å²) in [5.74, 6) is 1.39. The van der Waals surface area contributed by atoms with Crippen molar-refractivity contribution in [2.75, 3.05) is 32.2 Å². The van der Waals surface area contributed by atoms with E-state index in [4.69, 9.17) is 9.47 Å². The fourth-order valence-electron chi connectivity index (χ4n) is 4.05. The van der Waals surface area contributed by atoms with E-state index in [1.807, 2.05) is 30.0 Å². The standard InChI is InChI=1S/C24H31FN2O3/c1-4-5-24(28)27(20-8-6-19(25)7-9-20)21-10-12-26(13-11-21)17-18-14-22(29-2)16-23(15-18)30-3/h6-9,14-16,21H,4-5,10-13,17H2,1-3H3. The van der Waals surface area contributed by atoms with Crippen LogP contribution in [0, 0.1) is 5.82 Å². The molecule has 0 unspecified atom stereocenters. The molecule has 1 fully saturated rings. The number of piperidine rings is 1. The zero-order chi connectivity index (χ0) is 21.5. The highest BCUT2D eigenvalue weighted by molar-refractivity contribution is 5.93. The van der Waals surface area contributed by atoms with Crippen LogP contribution in [0.5, 0.6) is 11.5 Å². The number of carbonyl (C=O) groups is 1. The van der Waals surface area contributed by atoms with E-state index in [-0.39, 0.29) is 17.8 Å². The Labute approximate surface area is 178 Å². The molecule has 0 aromatic heterocycles. The fourth-order valence-corrected chi connectivity index (χ4v) is 4.05. The first kappa shape index (κ1) is 22.1. The number of hydrogen-bond acceptors (Lipinski definition) is 4. The average molecular weight is 415 g/mol. The summed E-state index contributed by atoms with van der Waals surface area (Å²) in [6.07, 6.45) is 3.07. The molecule has 1 aliphatic rings. The van der Waals surface area contributed by atoms with E-state index in [9.17, 15) is 9.18 Å². The third-order valence-electron chi connectivity index (χ3n) is 5.58. The third kappa shape index (κ3) is 5.51. The second-order valence-corrected chi connectivity index (χ2v) is 7.72. The van der Waals surface area contributed by atoms with Crippen molar-refractivity contribution in [1.29, 1.82) is 0 Å². The normalized spacial score (nSPS) is 15.1. The molecule has 1 saturated heterocycles. The van der Waals surface area contributed by atoms with Crippen LogP contribution in [0.1, 0.15) is 38.2 Å². The summed E-state index contributed by atoms with van der Waals surface area (Å²) in [7, 11) is 3.31. The SMILES string of the molecule is CCCC(=O)N(c1ccc(F)cc1)C1CCN(Cc2cc(OC)cc(OC)c2)CC1. The van der Waals surface area contributed by atoms with Gasteiger partial charge in [-0.25, -0.2) is 4.39 Å². The van der Waals surface area contributed by atoms with E-state index in [2.05, 4.69) is 4.90 Å². The van der Waals surface area contributed by atoms with Crippen LogP contribution in [0.25, 0.3) is 0 Å². The highest BCUT2D eigenvalue weighted by Gasteiger charge is 2.29. The molecule has 0 atom stereocenters. The number of ether oxygens (including phenoxy) is 2. The zero-order valence-corrected chi connectivity index (χ0v) is 18.1. The molecule has 0 aliphatic carbocycles. The topological polar surface area (TPSA) is 42.0 Å². The summed E-state index contributed by atoms with van der Waals surface area (Å²) in [6.45, 7) is 4.59. The molecule has 0 radical (unpaired) electrons. The summed E-state index contributed by atoms with van der Waals surface area (Å²) in [5, 5.41) is 0. The molecule has 2 aromatic carbocycles. The Bertz CT molecular complexity index is 811. The van der Waals surface area contributed by atoms with Gasteiger partial charge >= 0.3 is 0 Å². The Morgan fingerprint density at radius 3 is 2.20 bits per heavy atom. The molecule has 30 heavy (non-hydrogen) atoms. The summed E-state index contributed by atoms with van der Waals surface area (Å²) in [6, 6.07) is 12.3. The van der Waals surface area contributed by atoms with Crippen molar-refractivity contribution in [3.05, 3.63) is 53.8 Å². The Morgan fingerprint density at radius 1 is 1.07 bits per heavy atom. The summed E-state index contributed by atoms with van der Waals surface area (Å²) >= 11 is 0. The van der Waals surface area contributed by atoms with Crippen LogP contribution >= 0.6 is 0 Å². The molecule has 0 bridgehead atoms. The van der Waals surface area contributed by atoms with E-state index in [1.54, 1.807) is 26.4 Å². The lowest BCUT2D eigenvalue weighted by molar-refractivity contribution is -0.119. The van der Waals surface area contributed by atoms with Crippen LogP contribution in [0.2, 0.25) is 0 Å². The first-order valence-corrected chi connectivity index (χ1v) is 10.6. The lowest BCUT2D eigenvalue weighted by Crippen LogP contribution is -2.47. The van der Waals surface area contributed by atoms with Gasteiger partial charge < -0.3 is 14.4 Å². The molecule has 0 saturated carbocycles. The zero-order valence-electron chi connectivity index (χ0n) is 18.1. The van der Waals surface area contributed by atoms with Gasteiger partial charge in [-0.15, -0.1) is 0 Å². The van der Waals surface area contributed by atoms with Gasteiger partial charge in [0.15, 0.2) is 0 Å². The number of methoxy groups -OCH3 is 2. The molecule has 3 rings (SSSR count). The minimum absolute atomic E-state index is 0.111. The first-order valence-electron chi connectivity index (χ1n) is 10.6. The van der Waals surface area contributed by atoms with Crippen LogP contribution in [-0.4, -0.2) is 44.2 Å². The van der Waals surface area contributed by atoms with Crippen molar-refractivity contribution in [3.8, 4) is 11.5 Å². The summed E-state index contributed by atoms with van der Waals surface area (Å²) in [4.78, 5) is 17.1. The number of carbonyl (C=O) groups excluding carboxylic acids is 1. The lowest BCUT2D eigenvalue weighted by atomic mass is 10.0. The molecule has 1 aliphatic heterocycles. The van der Waals surface area contributed by atoms with Gasteiger partial charge in [0.1, 0.15) is 17.3 Å². The van der Waals surface area contributed by atoms with Crippen LogP contribution < -0.4 is 14.4 Å². The monoisotopic (exact) mass is 414 g/mol. The molecular formula is C24H31FN2O3. The van der Waals surface area contributed by atoms with E-state index in [1.165, 1.54) is 12.1 Å². The number of nitrogens with zero attached hydrogens (tertiary/aromatic N) is 2. The molecule has 6 heteroatoms. The predicted octanol–water partition coefficient (Wildman–Crippen LogP) is 4.64. The predicted molar refractivity (Wildman–Crippen MR) is 117 cm³/mol. The first-order chi connectivity index (χ1) is 14.5. The van der Waals surface area contributed by atoms with Crippen molar-refractivity contribution < 1.29 is 18.7 Å². The quantitative estimate of drug-likeness (QED) is 0.631. The number of amides is 1. The Kier molecular flexibility index (Phi) is 7.69. The number of halogens is 1.